The van der Waals surface area contributed by atoms with E-state index < -0.39 is 35.5 Å². The summed E-state index contributed by atoms with van der Waals surface area (Å²) >= 11 is 0. The number of esters is 1. The average molecular weight is 366 g/mol. The van der Waals surface area contributed by atoms with Gasteiger partial charge in [0.05, 0.1) is 25.1 Å². The van der Waals surface area contributed by atoms with Crippen LogP contribution >= 0.6 is 0 Å². The van der Waals surface area contributed by atoms with Crippen LogP contribution in [0.2, 0.25) is 0 Å². The standard InChI is InChI=1S/C17H16F2N2O5/c1-25-12(22)6-20-17(24)10-7-21(8-3-4-8)14-9(15(10)23)5-11(18)13(19)16(14)26-2/h5,7-8H,3-4,6H2,1-2H3,(H,20,24). The summed E-state index contributed by atoms with van der Waals surface area (Å²) in [6, 6.07) is 0.704. The highest BCUT2D eigenvalue weighted by Gasteiger charge is 2.30. The predicted octanol–water partition coefficient (Wildman–Crippen LogP) is 1.53. The van der Waals surface area contributed by atoms with Gasteiger partial charge in [-0.3, -0.25) is 14.4 Å². The molecular weight excluding hydrogens is 350 g/mol. The first-order valence-electron chi connectivity index (χ1n) is 7.84. The molecule has 1 aromatic heterocycles. The molecule has 1 heterocycles. The number of hydrogen-bond donors (Lipinski definition) is 1. The van der Waals surface area contributed by atoms with Crippen molar-refractivity contribution in [2.75, 3.05) is 20.8 Å². The fraction of sp³-hybridized carbons (Fsp3) is 0.353. The van der Waals surface area contributed by atoms with Crippen molar-refractivity contribution in [3.8, 4) is 5.75 Å². The zero-order valence-corrected chi connectivity index (χ0v) is 14.1. The highest BCUT2D eigenvalue weighted by molar-refractivity contribution is 5.99. The number of amides is 1. The monoisotopic (exact) mass is 366 g/mol. The van der Waals surface area contributed by atoms with Gasteiger partial charge in [-0.15, -0.1) is 0 Å². The van der Waals surface area contributed by atoms with E-state index in [4.69, 9.17) is 4.74 Å². The van der Waals surface area contributed by atoms with E-state index in [1.807, 2.05) is 0 Å². The van der Waals surface area contributed by atoms with Gasteiger partial charge in [0.1, 0.15) is 12.1 Å². The molecule has 0 saturated heterocycles. The van der Waals surface area contributed by atoms with Crippen molar-refractivity contribution in [3.05, 3.63) is 39.7 Å². The molecule has 0 atom stereocenters. The second-order valence-electron chi connectivity index (χ2n) is 5.87. The van der Waals surface area contributed by atoms with Crippen molar-refractivity contribution in [3.63, 3.8) is 0 Å². The van der Waals surface area contributed by atoms with Crippen LogP contribution in [0.4, 0.5) is 8.78 Å². The summed E-state index contributed by atoms with van der Waals surface area (Å²) in [6.07, 6.45) is 2.82. The minimum absolute atomic E-state index is 0.0518. The van der Waals surface area contributed by atoms with Gasteiger partial charge in [-0.2, -0.15) is 4.39 Å². The molecular formula is C17H16F2N2O5. The lowest BCUT2D eigenvalue weighted by Gasteiger charge is -2.16. The van der Waals surface area contributed by atoms with E-state index >= 15 is 0 Å². The number of nitrogens with zero attached hydrogens (tertiary/aromatic N) is 1. The van der Waals surface area contributed by atoms with Crippen LogP contribution in [0.25, 0.3) is 10.9 Å². The lowest BCUT2D eigenvalue weighted by atomic mass is 10.1. The number of methoxy groups -OCH3 is 2. The summed E-state index contributed by atoms with van der Waals surface area (Å²) in [5.41, 5.74) is -0.957. The highest BCUT2D eigenvalue weighted by Crippen LogP contribution is 2.40. The molecule has 26 heavy (non-hydrogen) atoms. The molecule has 138 valence electrons. The predicted molar refractivity (Wildman–Crippen MR) is 87.3 cm³/mol. The van der Waals surface area contributed by atoms with Crippen LogP contribution in [-0.2, 0) is 9.53 Å². The SMILES string of the molecule is COC(=O)CNC(=O)c1cn(C2CC2)c2c(OC)c(F)c(F)cc2c1=O. The Hall–Kier alpha value is -2.97. The number of hydrogen-bond acceptors (Lipinski definition) is 5. The number of pyridine rings is 1. The van der Waals surface area contributed by atoms with Gasteiger partial charge >= 0.3 is 5.97 Å². The third kappa shape index (κ3) is 3.00. The Balaban J connectivity index is 2.19. The van der Waals surface area contributed by atoms with Gasteiger partial charge in [0, 0.05) is 12.2 Å². The fourth-order valence-corrected chi connectivity index (χ4v) is 2.74. The quantitative estimate of drug-likeness (QED) is 0.811. The molecule has 0 spiro atoms. The Morgan fingerprint density at radius 3 is 2.58 bits per heavy atom. The van der Waals surface area contributed by atoms with Crippen LogP contribution in [0.3, 0.4) is 0 Å². The Labute approximate surface area is 146 Å². The van der Waals surface area contributed by atoms with E-state index in [1.165, 1.54) is 13.3 Å². The summed E-state index contributed by atoms with van der Waals surface area (Å²) in [4.78, 5) is 36.1. The molecule has 1 aliphatic rings. The highest BCUT2D eigenvalue weighted by atomic mass is 19.2. The van der Waals surface area contributed by atoms with Crippen LogP contribution in [0.5, 0.6) is 5.75 Å². The number of benzene rings is 1. The first-order valence-corrected chi connectivity index (χ1v) is 7.84. The van der Waals surface area contributed by atoms with Gasteiger partial charge in [-0.05, 0) is 18.9 Å². The second-order valence-corrected chi connectivity index (χ2v) is 5.87. The molecule has 0 unspecified atom stereocenters. The van der Waals surface area contributed by atoms with E-state index in [1.54, 1.807) is 4.57 Å². The summed E-state index contributed by atoms with van der Waals surface area (Å²) < 4.78 is 38.9. The number of aromatic nitrogens is 1. The largest absolute Gasteiger partial charge is 0.491 e. The second kappa shape index (κ2) is 6.74. The minimum Gasteiger partial charge on any atom is -0.491 e. The number of rotatable bonds is 5. The topological polar surface area (TPSA) is 86.6 Å². The fourth-order valence-electron chi connectivity index (χ4n) is 2.74. The third-order valence-electron chi connectivity index (χ3n) is 4.18. The summed E-state index contributed by atoms with van der Waals surface area (Å²) in [5.74, 6) is -4.32. The molecule has 1 saturated carbocycles. The number of halogens is 2. The zero-order chi connectivity index (χ0) is 19.0. The Bertz CT molecular complexity index is 966. The molecule has 1 aromatic carbocycles. The number of nitrogens with one attached hydrogen (secondary N) is 1. The van der Waals surface area contributed by atoms with Gasteiger partial charge in [0.2, 0.25) is 11.2 Å². The molecule has 0 bridgehead atoms. The van der Waals surface area contributed by atoms with E-state index in [0.717, 1.165) is 26.0 Å². The molecule has 2 aromatic rings. The van der Waals surface area contributed by atoms with Gasteiger partial charge in [0.15, 0.2) is 11.6 Å². The number of carbonyl (C=O) groups is 2. The molecule has 1 amide bonds. The first kappa shape index (κ1) is 17.8. The van der Waals surface area contributed by atoms with Crippen molar-refractivity contribution < 1.29 is 27.8 Å². The molecule has 7 nitrogen and oxygen atoms in total. The van der Waals surface area contributed by atoms with Crippen molar-refractivity contribution >= 4 is 22.8 Å². The summed E-state index contributed by atoms with van der Waals surface area (Å²) in [5, 5.41) is 2.10. The molecule has 1 N–H and O–H groups in total. The maximum Gasteiger partial charge on any atom is 0.325 e. The molecule has 3 rings (SSSR count). The van der Waals surface area contributed by atoms with E-state index in [0.29, 0.717) is 0 Å². The van der Waals surface area contributed by atoms with Crippen molar-refractivity contribution in [1.29, 1.82) is 0 Å². The minimum atomic E-state index is -1.25. The molecule has 9 heteroatoms. The average Bonchev–Trinajstić information content (AvgIpc) is 3.46. The van der Waals surface area contributed by atoms with Gasteiger partial charge in [-0.1, -0.05) is 0 Å². The maximum atomic E-state index is 14.1. The maximum absolute atomic E-state index is 14.1. The molecule has 1 aliphatic carbocycles. The van der Waals surface area contributed by atoms with Crippen LogP contribution in [-0.4, -0.2) is 37.2 Å². The van der Waals surface area contributed by atoms with Crippen LogP contribution in [0.1, 0.15) is 29.2 Å². The lowest BCUT2D eigenvalue weighted by Crippen LogP contribution is -2.34. The van der Waals surface area contributed by atoms with E-state index in [2.05, 4.69) is 10.1 Å². The van der Waals surface area contributed by atoms with Crippen LogP contribution in [0.15, 0.2) is 17.1 Å². The third-order valence-corrected chi connectivity index (χ3v) is 4.18. The summed E-state index contributed by atoms with van der Waals surface area (Å²) in [7, 11) is 2.34. The van der Waals surface area contributed by atoms with Crippen LogP contribution < -0.4 is 15.5 Å². The number of carbonyl (C=O) groups excluding carboxylic acids is 2. The normalized spacial score (nSPS) is 13.5. The number of fused-ring (bicyclic) bond motifs is 1. The Kier molecular flexibility index (Phi) is 4.62. The van der Waals surface area contributed by atoms with Crippen molar-refractivity contribution in [2.24, 2.45) is 0 Å². The van der Waals surface area contributed by atoms with Gasteiger partial charge in [-0.25, -0.2) is 4.39 Å². The first-order chi connectivity index (χ1) is 12.4. The molecule has 0 aliphatic heterocycles. The Morgan fingerprint density at radius 2 is 2.00 bits per heavy atom. The van der Waals surface area contributed by atoms with Crippen LogP contribution in [0, 0.1) is 11.6 Å². The number of ether oxygens (including phenoxy) is 2. The van der Waals surface area contributed by atoms with E-state index in [-0.39, 0.29) is 28.3 Å². The summed E-state index contributed by atoms with van der Waals surface area (Å²) in [6.45, 7) is -0.419. The smallest absolute Gasteiger partial charge is 0.325 e. The lowest BCUT2D eigenvalue weighted by molar-refractivity contribution is -0.139. The van der Waals surface area contributed by atoms with Gasteiger partial charge in [0.25, 0.3) is 5.91 Å². The molecule has 1 fully saturated rings. The van der Waals surface area contributed by atoms with E-state index in [9.17, 15) is 23.2 Å². The van der Waals surface area contributed by atoms with Crippen molar-refractivity contribution in [2.45, 2.75) is 18.9 Å². The zero-order valence-electron chi connectivity index (χ0n) is 14.1. The van der Waals surface area contributed by atoms with Gasteiger partial charge < -0.3 is 19.4 Å². The molecule has 0 radical (unpaired) electrons. The Morgan fingerprint density at radius 1 is 1.31 bits per heavy atom. The van der Waals surface area contributed by atoms with Crippen molar-refractivity contribution in [1.82, 2.24) is 9.88 Å².